The first-order chi connectivity index (χ1) is 9.53. The second-order valence-electron chi connectivity index (χ2n) is 5.13. The van der Waals surface area contributed by atoms with E-state index < -0.39 is 5.41 Å². The number of halogens is 1. The summed E-state index contributed by atoms with van der Waals surface area (Å²) in [4.78, 5) is 0. The molecular weight excluding hydrogens is 274 g/mol. The SMILES string of the molecule is COc1cc(OC)cc(C(C#N)(CCCCl)C(C)C)c1. The van der Waals surface area contributed by atoms with E-state index in [0.29, 0.717) is 17.4 Å². The average Bonchev–Trinajstić information content (AvgIpc) is 2.47. The number of nitrogens with zero attached hydrogens (tertiary/aromatic N) is 1. The molecular formula is C16H22ClNO2. The van der Waals surface area contributed by atoms with Crippen LogP contribution in [-0.2, 0) is 5.41 Å². The van der Waals surface area contributed by atoms with Gasteiger partial charge in [0.05, 0.1) is 25.7 Å². The highest BCUT2D eigenvalue weighted by Gasteiger charge is 2.36. The number of nitriles is 1. The molecule has 1 aromatic rings. The predicted molar refractivity (Wildman–Crippen MR) is 81.6 cm³/mol. The minimum absolute atomic E-state index is 0.174. The molecule has 4 heteroatoms. The Morgan fingerprint density at radius 3 is 2.10 bits per heavy atom. The third-order valence-electron chi connectivity index (χ3n) is 3.76. The average molecular weight is 296 g/mol. The number of hydrogen-bond donors (Lipinski definition) is 0. The van der Waals surface area contributed by atoms with Crippen LogP contribution < -0.4 is 9.47 Å². The maximum atomic E-state index is 9.78. The molecule has 20 heavy (non-hydrogen) atoms. The molecule has 0 saturated carbocycles. The molecule has 0 spiro atoms. The van der Waals surface area contributed by atoms with Crippen molar-refractivity contribution >= 4 is 11.6 Å². The van der Waals surface area contributed by atoms with Crippen molar-refractivity contribution in [2.24, 2.45) is 5.92 Å². The van der Waals surface area contributed by atoms with Crippen molar-refractivity contribution < 1.29 is 9.47 Å². The normalized spacial score (nSPS) is 13.7. The highest BCUT2D eigenvalue weighted by molar-refractivity contribution is 6.17. The first-order valence-electron chi connectivity index (χ1n) is 6.74. The Labute approximate surface area is 126 Å². The topological polar surface area (TPSA) is 42.2 Å². The molecule has 0 fully saturated rings. The monoisotopic (exact) mass is 295 g/mol. The summed E-state index contributed by atoms with van der Waals surface area (Å²) in [5.74, 6) is 2.13. The largest absolute Gasteiger partial charge is 0.497 e. The molecule has 0 N–H and O–H groups in total. The second-order valence-corrected chi connectivity index (χ2v) is 5.51. The molecule has 1 rings (SSSR count). The van der Waals surface area contributed by atoms with Crippen molar-refractivity contribution in [3.05, 3.63) is 23.8 Å². The first-order valence-corrected chi connectivity index (χ1v) is 7.28. The maximum Gasteiger partial charge on any atom is 0.122 e. The lowest BCUT2D eigenvalue weighted by atomic mass is 9.70. The fourth-order valence-electron chi connectivity index (χ4n) is 2.43. The number of ether oxygens (including phenoxy) is 2. The lowest BCUT2D eigenvalue weighted by Crippen LogP contribution is -2.31. The molecule has 0 aromatic heterocycles. The predicted octanol–water partition coefficient (Wildman–Crippen LogP) is 4.14. The molecule has 1 unspecified atom stereocenters. The third kappa shape index (κ3) is 3.37. The van der Waals surface area contributed by atoms with Gasteiger partial charge in [0, 0.05) is 11.9 Å². The molecule has 3 nitrogen and oxygen atoms in total. The first kappa shape index (κ1) is 16.7. The maximum absolute atomic E-state index is 9.78. The summed E-state index contributed by atoms with van der Waals surface area (Å²) < 4.78 is 10.6. The Bertz CT molecular complexity index is 460. The molecule has 0 aliphatic heterocycles. The van der Waals surface area contributed by atoms with Gasteiger partial charge < -0.3 is 9.47 Å². The molecule has 0 aliphatic rings. The number of methoxy groups -OCH3 is 2. The molecule has 0 amide bonds. The quantitative estimate of drug-likeness (QED) is 0.710. The van der Waals surface area contributed by atoms with E-state index in [2.05, 4.69) is 19.9 Å². The zero-order chi connectivity index (χ0) is 15.2. The van der Waals surface area contributed by atoms with Crippen molar-refractivity contribution in [1.82, 2.24) is 0 Å². The van der Waals surface area contributed by atoms with E-state index >= 15 is 0 Å². The summed E-state index contributed by atoms with van der Waals surface area (Å²) in [6, 6.07) is 8.15. The van der Waals surface area contributed by atoms with Crippen molar-refractivity contribution in [3.63, 3.8) is 0 Å². The van der Waals surface area contributed by atoms with E-state index in [0.717, 1.165) is 18.4 Å². The Balaban J connectivity index is 3.36. The van der Waals surface area contributed by atoms with Gasteiger partial charge in [0.2, 0.25) is 0 Å². The number of benzene rings is 1. The highest BCUT2D eigenvalue weighted by atomic mass is 35.5. The Morgan fingerprint density at radius 2 is 1.75 bits per heavy atom. The summed E-state index contributed by atoms with van der Waals surface area (Å²) in [6.07, 6.45) is 1.52. The fraction of sp³-hybridized carbons (Fsp3) is 0.562. The van der Waals surface area contributed by atoms with Gasteiger partial charge in [-0.3, -0.25) is 0 Å². The Hall–Kier alpha value is -1.40. The lowest BCUT2D eigenvalue weighted by Gasteiger charge is -2.31. The molecule has 0 heterocycles. The third-order valence-corrected chi connectivity index (χ3v) is 4.02. The van der Waals surface area contributed by atoms with Crippen LogP contribution in [0.5, 0.6) is 11.5 Å². The fourth-order valence-corrected chi connectivity index (χ4v) is 2.56. The van der Waals surface area contributed by atoms with Crippen LogP contribution in [0.1, 0.15) is 32.3 Å². The van der Waals surface area contributed by atoms with Crippen molar-refractivity contribution in [2.75, 3.05) is 20.1 Å². The zero-order valence-corrected chi connectivity index (χ0v) is 13.3. The smallest absolute Gasteiger partial charge is 0.122 e. The van der Waals surface area contributed by atoms with Crippen LogP contribution in [0.4, 0.5) is 0 Å². The van der Waals surface area contributed by atoms with Gasteiger partial charge in [0.1, 0.15) is 11.5 Å². The summed E-state index contributed by atoms with van der Waals surface area (Å²) >= 11 is 5.82. The molecule has 1 atom stereocenters. The van der Waals surface area contributed by atoms with E-state index in [-0.39, 0.29) is 5.92 Å². The molecule has 1 aromatic carbocycles. The zero-order valence-electron chi connectivity index (χ0n) is 12.6. The molecule has 0 aliphatic carbocycles. The highest BCUT2D eigenvalue weighted by Crippen LogP contribution is 2.39. The van der Waals surface area contributed by atoms with Crippen LogP contribution in [0.15, 0.2) is 18.2 Å². The lowest BCUT2D eigenvalue weighted by molar-refractivity contribution is 0.355. The summed E-state index contributed by atoms with van der Waals surface area (Å²) in [7, 11) is 3.22. The minimum Gasteiger partial charge on any atom is -0.497 e. The van der Waals surface area contributed by atoms with E-state index in [4.69, 9.17) is 21.1 Å². The summed E-state index contributed by atoms with van der Waals surface area (Å²) in [5, 5.41) is 9.78. The number of hydrogen-bond acceptors (Lipinski definition) is 3. The Morgan fingerprint density at radius 1 is 1.20 bits per heavy atom. The Kier molecular flexibility index (Phi) is 6.16. The van der Waals surface area contributed by atoms with Crippen LogP contribution in [0.25, 0.3) is 0 Å². The van der Waals surface area contributed by atoms with Gasteiger partial charge in [-0.2, -0.15) is 5.26 Å². The van der Waals surface area contributed by atoms with Crippen LogP contribution in [0.2, 0.25) is 0 Å². The number of rotatable bonds is 7. The van der Waals surface area contributed by atoms with Crippen molar-refractivity contribution in [1.29, 1.82) is 5.26 Å². The minimum atomic E-state index is -0.573. The van der Waals surface area contributed by atoms with Crippen molar-refractivity contribution in [3.8, 4) is 17.6 Å². The van der Waals surface area contributed by atoms with Gasteiger partial charge in [-0.25, -0.2) is 0 Å². The van der Waals surface area contributed by atoms with Crippen molar-refractivity contribution in [2.45, 2.75) is 32.1 Å². The van der Waals surface area contributed by atoms with E-state index in [9.17, 15) is 5.26 Å². The van der Waals surface area contributed by atoms with Gasteiger partial charge >= 0.3 is 0 Å². The van der Waals surface area contributed by atoms with Gasteiger partial charge in [-0.05, 0) is 36.5 Å². The van der Waals surface area contributed by atoms with Gasteiger partial charge in [-0.1, -0.05) is 13.8 Å². The summed E-state index contributed by atoms with van der Waals surface area (Å²) in [6.45, 7) is 4.12. The second kappa shape index (κ2) is 7.40. The van der Waals surface area contributed by atoms with E-state index in [1.807, 2.05) is 18.2 Å². The van der Waals surface area contributed by atoms with Crippen LogP contribution in [0, 0.1) is 17.2 Å². The van der Waals surface area contributed by atoms with E-state index in [1.165, 1.54) is 0 Å². The molecule has 0 radical (unpaired) electrons. The van der Waals surface area contributed by atoms with Crippen LogP contribution >= 0.6 is 11.6 Å². The van der Waals surface area contributed by atoms with Gasteiger partial charge in [0.15, 0.2) is 0 Å². The van der Waals surface area contributed by atoms with Gasteiger partial charge in [0.25, 0.3) is 0 Å². The molecule has 0 bridgehead atoms. The molecule has 110 valence electrons. The van der Waals surface area contributed by atoms with E-state index in [1.54, 1.807) is 14.2 Å². The van der Waals surface area contributed by atoms with Gasteiger partial charge in [-0.15, -0.1) is 11.6 Å². The van der Waals surface area contributed by atoms with Crippen LogP contribution in [-0.4, -0.2) is 20.1 Å². The number of alkyl halides is 1. The standard InChI is InChI=1S/C16H22ClNO2/c1-12(2)16(11-18,6-5-7-17)13-8-14(19-3)10-15(9-13)20-4/h8-10,12H,5-7H2,1-4H3. The van der Waals surface area contributed by atoms with Crippen LogP contribution in [0.3, 0.4) is 0 Å². The molecule has 0 saturated heterocycles. The summed E-state index contributed by atoms with van der Waals surface area (Å²) in [5.41, 5.74) is 0.354.